The van der Waals surface area contributed by atoms with Gasteiger partial charge in [-0.25, -0.2) is 9.98 Å². The molecule has 5 N–H and O–H groups in total. The zero-order valence-corrected chi connectivity index (χ0v) is 18.2. The highest BCUT2D eigenvalue weighted by Gasteiger charge is 2.09. The predicted octanol–water partition coefficient (Wildman–Crippen LogP) is 5.02. The van der Waals surface area contributed by atoms with Crippen LogP contribution < -0.4 is 26.3 Å². The highest BCUT2D eigenvalue weighted by atomic mass is 16.5. The third-order valence-electron chi connectivity index (χ3n) is 4.53. The number of rotatable bonds is 9. The molecule has 0 amide bonds. The molecular formula is C24H29N5O2. The van der Waals surface area contributed by atoms with Gasteiger partial charge in [0.25, 0.3) is 0 Å². The summed E-state index contributed by atoms with van der Waals surface area (Å²) in [4.78, 5) is 9.05. The Bertz CT molecular complexity index is 1090. The maximum Gasteiger partial charge on any atom is 0.157 e. The van der Waals surface area contributed by atoms with Crippen molar-refractivity contribution in [2.45, 2.75) is 26.7 Å². The Morgan fingerprint density at radius 1 is 1.10 bits per heavy atom. The molecule has 0 fully saturated rings. The molecule has 0 aliphatic carbocycles. The lowest BCUT2D eigenvalue weighted by Gasteiger charge is -2.12. The Morgan fingerprint density at radius 2 is 1.84 bits per heavy atom. The summed E-state index contributed by atoms with van der Waals surface area (Å²) in [5, 5.41) is 5.24. The number of allylic oxidation sites excluding steroid dienone is 1. The molecule has 7 heteroatoms. The van der Waals surface area contributed by atoms with E-state index in [2.05, 4.69) is 22.2 Å². The normalized spacial score (nSPS) is 12.1. The fourth-order valence-electron chi connectivity index (χ4n) is 3.00. The maximum absolute atomic E-state index is 5.97. The largest absolute Gasteiger partial charge is 0.497 e. The van der Waals surface area contributed by atoms with Crippen LogP contribution in [-0.4, -0.2) is 24.5 Å². The number of aromatic nitrogens is 1. The molecule has 1 aromatic heterocycles. The van der Waals surface area contributed by atoms with Crippen LogP contribution in [0, 0.1) is 0 Å². The first-order valence-electron chi connectivity index (χ1n) is 10.2. The van der Waals surface area contributed by atoms with Gasteiger partial charge in [-0.3, -0.25) is 0 Å². The van der Waals surface area contributed by atoms with Crippen LogP contribution in [0.2, 0.25) is 0 Å². The summed E-state index contributed by atoms with van der Waals surface area (Å²) in [7, 11) is 1.64. The Hall–Kier alpha value is -3.74. The Labute approximate surface area is 182 Å². The van der Waals surface area contributed by atoms with Crippen molar-refractivity contribution in [3.05, 3.63) is 60.3 Å². The molecule has 0 atom stereocenters. The molecule has 2 aromatic carbocycles. The van der Waals surface area contributed by atoms with E-state index in [1.54, 1.807) is 20.1 Å². The summed E-state index contributed by atoms with van der Waals surface area (Å²) in [6.45, 7) is 4.61. The van der Waals surface area contributed by atoms with Crippen LogP contribution in [-0.2, 0) is 0 Å². The minimum absolute atomic E-state index is 0.286. The molecule has 31 heavy (non-hydrogen) atoms. The Kier molecular flexibility index (Phi) is 7.32. The molecule has 0 spiro atoms. The minimum Gasteiger partial charge on any atom is -0.497 e. The lowest BCUT2D eigenvalue weighted by atomic mass is 10.1. The van der Waals surface area contributed by atoms with Gasteiger partial charge in [0.05, 0.1) is 13.7 Å². The average Bonchev–Trinajstić information content (AvgIpc) is 2.74. The van der Waals surface area contributed by atoms with Gasteiger partial charge in [-0.2, -0.15) is 0 Å². The molecule has 0 aliphatic rings. The number of unbranched alkanes of at least 4 members (excludes halogenated alkanes) is 1. The number of pyridine rings is 1. The number of amidine groups is 1. The second kappa shape index (κ2) is 10.3. The second-order valence-electron chi connectivity index (χ2n) is 7.19. The number of nitrogens with one attached hydrogen (secondary N) is 1. The van der Waals surface area contributed by atoms with Gasteiger partial charge in [-0.05, 0) is 73.3 Å². The molecule has 3 aromatic rings. The Morgan fingerprint density at radius 3 is 2.52 bits per heavy atom. The smallest absolute Gasteiger partial charge is 0.157 e. The van der Waals surface area contributed by atoms with Crippen molar-refractivity contribution in [1.29, 1.82) is 0 Å². The number of ether oxygens (including phenoxy) is 2. The number of methoxy groups -OCH3 is 1. The average molecular weight is 420 g/mol. The maximum atomic E-state index is 5.97. The summed E-state index contributed by atoms with van der Waals surface area (Å²) < 4.78 is 11.1. The van der Waals surface area contributed by atoms with E-state index >= 15 is 0 Å². The molecule has 0 bridgehead atoms. The van der Waals surface area contributed by atoms with Crippen molar-refractivity contribution in [2.24, 2.45) is 16.5 Å². The van der Waals surface area contributed by atoms with Crippen molar-refractivity contribution in [2.75, 3.05) is 19.0 Å². The summed E-state index contributed by atoms with van der Waals surface area (Å²) in [5.41, 5.74) is 13.1. The van der Waals surface area contributed by atoms with Crippen LogP contribution in [0.25, 0.3) is 10.8 Å². The van der Waals surface area contributed by atoms with Crippen molar-refractivity contribution in [1.82, 2.24) is 4.98 Å². The Balaban J connectivity index is 1.95. The van der Waals surface area contributed by atoms with Gasteiger partial charge in [0.15, 0.2) is 5.82 Å². The molecule has 0 saturated heterocycles. The minimum atomic E-state index is 0.286. The second-order valence-corrected chi connectivity index (χ2v) is 7.19. The number of hydrogen-bond acceptors (Lipinski definition) is 6. The summed E-state index contributed by atoms with van der Waals surface area (Å²) in [6, 6.07) is 15.5. The molecule has 0 radical (unpaired) electrons. The van der Waals surface area contributed by atoms with Crippen molar-refractivity contribution in [3.63, 3.8) is 0 Å². The SMILES string of the molecule is CCCCOc1ccc(Nc2nc(N=C(N)/C=C(/C)N)cc3cc(OC)ccc23)cc1. The van der Waals surface area contributed by atoms with Gasteiger partial charge in [-0.1, -0.05) is 13.3 Å². The van der Waals surface area contributed by atoms with Crippen molar-refractivity contribution in [3.8, 4) is 11.5 Å². The lowest BCUT2D eigenvalue weighted by Crippen LogP contribution is -2.10. The van der Waals surface area contributed by atoms with Gasteiger partial charge in [0.1, 0.15) is 23.2 Å². The first-order valence-corrected chi connectivity index (χ1v) is 10.2. The fraction of sp³-hybridized carbons (Fsp3) is 0.250. The zero-order chi connectivity index (χ0) is 22.2. The van der Waals surface area contributed by atoms with Crippen LogP contribution in [0.5, 0.6) is 11.5 Å². The van der Waals surface area contributed by atoms with Gasteiger partial charge >= 0.3 is 0 Å². The number of aliphatic imine (C=N–C) groups is 1. The van der Waals surface area contributed by atoms with E-state index in [0.29, 0.717) is 17.3 Å². The van der Waals surface area contributed by atoms with Gasteiger partial charge in [0, 0.05) is 16.8 Å². The molecule has 3 rings (SSSR count). The number of benzene rings is 2. The summed E-state index contributed by atoms with van der Waals surface area (Å²) in [6.07, 6.45) is 3.74. The molecule has 0 aliphatic heterocycles. The monoisotopic (exact) mass is 419 g/mol. The summed E-state index contributed by atoms with van der Waals surface area (Å²) >= 11 is 0. The third-order valence-corrected chi connectivity index (χ3v) is 4.53. The standard InChI is InChI=1S/C24H29N5O2/c1-4-5-12-31-19-8-6-18(7-9-19)27-24-21-11-10-20(30-3)14-17(21)15-23(29-24)28-22(26)13-16(2)25/h6-11,13-15H,4-5,12,25H2,1-3H3,(H3,26,27,28,29)/b16-13-. The van der Waals surface area contributed by atoms with E-state index in [1.807, 2.05) is 48.5 Å². The van der Waals surface area contributed by atoms with Crippen molar-refractivity contribution >= 4 is 33.9 Å². The van der Waals surface area contributed by atoms with Gasteiger partial charge < -0.3 is 26.3 Å². The van der Waals surface area contributed by atoms with Crippen LogP contribution >= 0.6 is 0 Å². The van der Waals surface area contributed by atoms with E-state index in [1.165, 1.54) is 0 Å². The molecule has 1 heterocycles. The first kappa shape index (κ1) is 22.0. The van der Waals surface area contributed by atoms with E-state index in [9.17, 15) is 0 Å². The number of nitrogens with zero attached hydrogens (tertiary/aromatic N) is 2. The quantitative estimate of drug-likeness (QED) is 0.255. The number of nitrogens with two attached hydrogens (primary N) is 2. The molecular weight excluding hydrogens is 390 g/mol. The van der Waals surface area contributed by atoms with E-state index < -0.39 is 0 Å². The molecule has 0 unspecified atom stereocenters. The topological polar surface area (TPSA) is 108 Å². The number of hydrogen-bond donors (Lipinski definition) is 3. The van der Waals surface area contributed by atoms with E-state index in [4.69, 9.17) is 20.9 Å². The van der Waals surface area contributed by atoms with E-state index in [0.717, 1.165) is 47.4 Å². The molecule has 7 nitrogen and oxygen atoms in total. The highest BCUT2D eigenvalue weighted by molar-refractivity contribution is 5.98. The van der Waals surface area contributed by atoms with Crippen LogP contribution in [0.3, 0.4) is 0 Å². The van der Waals surface area contributed by atoms with Gasteiger partial charge in [0.2, 0.25) is 0 Å². The van der Waals surface area contributed by atoms with Gasteiger partial charge in [-0.15, -0.1) is 0 Å². The molecule has 162 valence electrons. The van der Waals surface area contributed by atoms with E-state index in [-0.39, 0.29) is 5.84 Å². The van der Waals surface area contributed by atoms with Crippen LogP contribution in [0.15, 0.2) is 65.3 Å². The highest BCUT2D eigenvalue weighted by Crippen LogP contribution is 2.31. The molecule has 0 saturated carbocycles. The lowest BCUT2D eigenvalue weighted by molar-refractivity contribution is 0.309. The first-order chi connectivity index (χ1) is 15.0. The van der Waals surface area contributed by atoms with Crippen LogP contribution in [0.1, 0.15) is 26.7 Å². The predicted molar refractivity (Wildman–Crippen MR) is 128 cm³/mol. The number of fused-ring (bicyclic) bond motifs is 1. The fourth-order valence-corrected chi connectivity index (χ4v) is 3.00. The van der Waals surface area contributed by atoms with Crippen molar-refractivity contribution < 1.29 is 9.47 Å². The summed E-state index contributed by atoms with van der Waals surface area (Å²) in [5.74, 6) is 3.02. The van der Waals surface area contributed by atoms with Crippen LogP contribution in [0.4, 0.5) is 17.3 Å². The number of anilines is 2. The zero-order valence-electron chi connectivity index (χ0n) is 18.2. The third kappa shape index (κ3) is 6.12.